The maximum atomic E-state index is 12.0. The summed E-state index contributed by atoms with van der Waals surface area (Å²) in [6, 6.07) is 14.1. The molecule has 0 saturated carbocycles. The van der Waals surface area contributed by atoms with Gasteiger partial charge in [-0.3, -0.25) is 4.79 Å². The van der Waals surface area contributed by atoms with Crippen molar-refractivity contribution in [3.8, 4) is 0 Å². The molecule has 1 amide bonds. The summed E-state index contributed by atoms with van der Waals surface area (Å²) in [7, 11) is 0. The highest BCUT2D eigenvalue weighted by atomic mass is 16.3. The van der Waals surface area contributed by atoms with Crippen LogP contribution in [0.25, 0.3) is 6.08 Å². The van der Waals surface area contributed by atoms with Crippen molar-refractivity contribution in [2.45, 2.75) is 6.54 Å². The van der Waals surface area contributed by atoms with Crippen LogP contribution in [0.1, 0.15) is 11.3 Å². The van der Waals surface area contributed by atoms with Crippen molar-refractivity contribution in [1.29, 1.82) is 0 Å². The van der Waals surface area contributed by atoms with E-state index in [4.69, 9.17) is 4.42 Å². The number of amides is 1. The molecule has 2 heterocycles. The molecule has 3 N–H and O–H groups in total. The molecular formula is C20H27N3O2+2. The Morgan fingerprint density at radius 1 is 1.04 bits per heavy atom. The zero-order valence-electron chi connectivity index (χ0n) is 14.5. The highest BCUT2D eigenvalue weighted by molar-refractivity contribution is 5.76. The van der Waals surface area contributed by atoms with Crippen LogP contribution in [0.4, 0.5) is 0 Å². The van der Waals surface area contributed by atoms with Crippen LogP contribution in [0, 0.1) is 0 Å². The molecule has 0 spiro atoms. The lowest BCUT2D eigenvalue weighted by atomic mass is 10.2. The van der Waals surface area contributed by atoms with Gasteiger partial charge in [0.1, 0.15) is 31.9 Å². The largest absolute Gasteiger partial charge is 0.467 e. The van der Waals surface area contributed by atoms with Crippen molar-refractivity contribution in [2.75, 3.05) is 39.3 Å². The van der Waals surface area contributed by atoms with Gasteiger partial charge < -0.3 is 19.5 Å². The van der Waals surface area contributed by atoms with Crippen molar-refractivity contribution in [2.24, 2.45) is 0 Å². The van der Waals surface area contributed by atoms with Crippen molar-refractivity contribution in [3.05, 3.63) is 66.1 Å². The van der Waals surface area contributed by atoms with E-state index in [2.05, 4.69) is 41.7 Å². The molecular weight excluding hydrogens is 314 g/mol. The minimum atomic E-state index is 0.0961. The van der Waals surface area contributed by atoms with E-state index in [0.717, 1.165) is 38.5 Å². The number of carbonyl (C=O) groups is 1. The molecule has 2 aromatic rings. The number of furan rings is 1. The Morgan fingerprint density at radius 2 is 1.80 bits per heavy atom. The summed E-state index contributed by atoms with van der Waals surface area (Å²) in [6.45, 7) is 6.38. The van der Waals surface area contributed by atoms with Gasteiger partial charge in [-0.25, -0.2) is 0 Å². The molecule has 1 aromatic heterocycles. The smallest absolute Gasteiger partial charge is 0.275 e. The summed E-state index contributed by atoms with van der Waals surface area (Å²) < 4.78 is 5.23. The van der Waals surface area contributed by atoms with Crippen LogP contribution in [-0.2, 0) is 11.3 Å². The number of hydrogen-bond acceptors (Lipinski definition) is 2. The third-order valence-corrected chi connectivity index (χ3v) is 4.63. The van der Waals surface area contributed by atoms with Gasteiger partial charge in [-0.15, -0.1) is 0 Å². The minimum absolute atomic E-state index is 0.0961. The zero-order valence-corrected chi connectivity index (χ0v) is 14.5. The molecule has 0 atom stereocenters. The van der Waals surface area contributed by atoms with E-state index in [0.29, 0.717) is 13.1 Å². The van der Waals surface area contributed by atoms with Crippen molar-refractivity contribution in [1.82, 2.24) is 5.32 Å². The Hall–Kier alpha value is -2.37. The Kier molecular flexibility index (Phi) is 6.42. The second-order valence-electron chi connectivity index (χ2n) is 6.55. The van der Waals surface area contributed by atoms with Gasteiger partial charge in [0.25, 0.3) is 5.91 Å². The third kappa shape index (κ3) is 5.89. The van der Waals surface area contributed by atoms with E-state index in [9.17, 15) is 4.79 Å². The lowest BCUT2D eigenvalue weighted by Gasteiger charge is -2.28. The van der Waals surface area contributed by atoms with Gasteiger partial charge in [0.05, 0.1) is 19.4 Å². The normalized spacial score (nSPS) is 20.6. The first-order chi connectivity index (χ1) is 12.3. The predicted molar refractivity (Wildman–Crippen MR) is 97.2 cm³/mol. The Bertz CT molecular complexity index is 660. The summed E-state index contributed by atoms with van der Waals surface area (Å²) in [5.41, 5.74) is 1.25. The van der Waals surface area contributed by atoms with Gasteiger partial charge in [0, 0.05) is 0 Å². The molecule has 1 aliphatic rings. The molecule has 1 fully saturated rings. The first kappa shape index (κ1) is 17.5. The number of rotatable bonds is 7. The van der Waals surface area contributed by atoms with Crippen molar-refractivity contribution < 1.29 is 19.0 Å². The summed E-state index contributed by atoms with van der Waals surface area (Å²) >= 11 is 0. The van der Waals surface area contributed by atoms with E-state index in [1.54, 1.807) is 11.2 Å². The van der Waals surface area contributed by atoms with Crippen LogP contribution in [0.15, 0.2) is 59.2 Å². The minimum Gasteiger partial charge on any atom is -0.467 e. The molecule has 132 valence electrons. The number of carbonyl (C=O) groups excluding carboxylic acids is 1. The second-order valence-corrected chi connectivity index (χ2v) is 6.55. The van der Waals surface area contributed by atoms with Gasteiger partial charge in [-0.1, -0.05) is 36.4 Å². The average molecular weight is 341 g/mol. The Morgan fingerprint density at radius 3 is 2.52 bits per heavy atom. The molecule has 25 heavy (non-hydrogen) atoms. The van der Waals surface area contributed by atoms with E-state index >= 15 is 0 Å². The van der Waals surface area contributed by atoms with E-state index < -0.39 is 0 Å². The number of benzene rings is 1. The predicted octanol–water partition coefficient (Wildman–Crippen LogP) is -0.607. The van der Waals surface area contributed by atoms with Crippen molar-refractivity contribution in [3.63, 3.8) is 0 Å². The molecule has 0 aliphatic carbocycles. The third-order valence-electron chi connectivity index (χ3n) is 4.63. The number of quaternary nitrogens is 2. The lowest BCUT2D eigenvalue weighted by Crippen LogP contribution is -3.28. The van der Waals surface area contributed by atoms with E-state index in [1.807, 2.05) is 18.2 Å². The fraction of sp³-hybridized carbons (Fsp3) is 0.350. The van der Waals surface area contributed by atoms with Crippen LogP contribution in [-0.4, -0.2) is 45.2 Å². The zero-order chi connectivity index (χ0) is 17.3. The number of hydrogen-bond donors (Lipinski definition) is 3. The van der Waals surface area contributed by atoms with Crippen LogP contribution < -0.4 is 15.1 Å². The molecule has 0 unspecified atom stereocenters. The molecule has 1 saturated heterocycles. The topological polar surface area (TPSA) is 51.1 Å². The fourth-order valence-electron chi connectivity index (χ4n) is 3.15. The number of nitrogens with one attached hydrogen (secondary N) is 3. The molecule has 0 bridgehead atoms. The first-order valence-corrected chi connectivity index (χ1v) is 8.97. The Balaban J connectivity index is 1.33. The summed E-state index contributed by atoms with van der Waals surface area (Å²) in [4.78, 5) is 15.0. The van der Waals surface area contributed by atoms with Crippen LogP contribution >= 0.6 is 0 Å². The molecule has 5 nitrogen and oxygen atoms in total. The van der Waals surface area contributed by atoms with Crippen LogP contribution in [0.3, 0.4) is 0 Å². The molecule has 3 rings (SSSR count). The van der Waals surface area contributed by atoms with Gasteiger partial charge in [-0.2, -0.15) is 0 Å². The fourth-order valence-corrected chi connectivity index (χ4v) is 3.15. The molecule has 1 aromatic carbocycles. The SMILES string of the molecule is O=C(C[NH+]1CC[NH+](C/C=C/c2ccccc2)CC1)NCc1ccco1. The quantitative estimate of drug-likeness (QED) is 0.630. The van der Waals surface area contributed by atoms with Gasteiger partial charge in [0.2, 0.25) is 0 Å². The van der Waals surface area contributed by atoms with E-state index in [-0.39, 0.29) is 5.91 Å². The average Bonchev–Trinajstić information content (AvgIpc) is 3.16. The maximum absolute atomic E-state index is 12.0. The van der Waals surface area contributed by atoms with Crippen molar-refractivity contribution >= 4 is 12.0 Å². The summed E-state index contributed by atoms with van der Waals surface area (Å²) in [5.74, 6) is 0.890. The van der Waals surface area contributed by atoms with Crippen LogP contribution in [0.5, 0.6) is 0 Å². The van der Waals surface area contributed by atoms with E-state index in [1.165, 1.54) is 10.5 Å². The highest BCUT2D eigenvalue weighted by Crippen LogP contribution is 1.99. The summed E-state index contributed by atoms with van der Waals surface area (Å²) in [6.07, 6.45) is 6.07. The molecule has 5 heteroatoms. The van der Waals surface area contributed by atoms with Gasteiger partial charge in [-0.05, 0) is 23.8 Å². The van der Waals surface area contributed by atoms with Gasteiger partial charge in [0.15, 0.2) is 6.54 Å². The number of piperazine rings is 1. The molecule has 0 radical (unpaired) electrons. The molecule has 1 aliphatic heterocycles. The monoisotopic (exact) mass is 341 g/mol. The standard InChI is InChI=1S/C20H25N3O2/c24-20(21-16-19-9-5-15-25-19)17-23-13-11-22(12-14-23)10-4-8-18-6-2-1-3-7-18/h1-9,15H,10-14,16-17H2,(H,21,24)/p+2/b8-4+. The highest BCUT2D eigenvalue weighted by Gasteiger charge is 2.23. The lowest BCUT2D eigenvalue weighted by molar-refractivity contribution is -1.01. The maximum Gasteiger partial charge on any atom is 0.275 e. The second kappa shape index (κ2) is 9.20. The first-order valence-electron chi connectivity index (χ1n) is 8.97. The van der Waals surface area contributed by atoms with Crippen LogP contribution in [0.2, 0.25) is 0 Å². The van der Waals surface area contributed by atoms with Gasteiger partial charge >= 0.3 is 0 Å². The Labute approximate surface area is 148 Å². The summed E-state index contributed by atoms with van der Waals surface area (Å²) in [5, 5.41) is 2.92.